The summed E-state index contributed by atoms with van der Waals surface area (Å²) in [5.41, 5.74) is 0.887. The van der Waals surface area contributed by atoms with Gasteiger partial charge in [-0.25, -0.2) is 0 Å². The van der Waals surface area contributed by atoms with Crippen LogP contribution in [0.5, 0.6) is 0 Å². The summed E-state index contributed by atoms with van der Waals surface area (Å²) in [4.78, 5) is 0.735. The third-order valence-electron chi connectivity index (χ3n) is 0.881. The highest BCUT2D eigenvalue weighted by Gasteiger charge is 1.81. The summed E-state index contributed by atoms with van der Waals surface area (Å²) in [5, 5.41) is 3.04. The second-order valence-electron chi connectivity index (χ2n) is 1.88. The van der Waals surface area contributed by atoms with Crippen molar-refractivity contribution in [1.29, 1.82) is 0 Å². The van der Waals surface area contributed by atoms with Crippen LogP contribution >= 0.6 is 12.6 Å². The van der Waals surface area contributed by atoms with Crippen LogP contribution in [0.25, 0.3) is 0 Å². The molecule has 0 spiro atoms. The maximum Gasteiger partial charge on any atom is 0.0267 e. The van der Waals surface area contributed by atoms with Crippen LogP contribution < -0.4 is 5.32 Å². The Balaban J connectivity index is 3.67. The van der Waals surface area contributed by atoms with Crippen molar-refractivity contribution in [2.24, 2.45) is 0 Å². The Morgan fingerprint density at radius 2 is 2.10 bits per heavy atom. The van der Waals surface area contributed by atoms with Gasteiger partial charge in [0.15, 0.2) is 0 Å². The lowest BCUT2D eigenvalue weighted by Crippen LogP contribution is -2.08. The number of hydrogen-bond acceptors (Lipinski definition) is 2. The largest absolute Gasteiger partial charge is 0.386 e. The van der Waals surface area contributed by atoms with Crippen molar-refractivity contribution in [3.8, 4) is 0 Å². The molecule has 2 heteroatoms. The maximum absolute atomic E-state index is 3.99. The number of hydrogen-bond donors (Lipinski definition) is 2. The Kier molecular flexibility index (Phi) is 4.85. The van der Waals surface area contributed by atoms with Gasteiger partial charge in [-0.2, -0.15) is 0 Å². The normalized spacial score (nSPS) is 9.80. The molecule has 0 fully saturated rings. The third-order valence-corrected chi connectivity index (χ3v) is 1.03. The fraction of sp³-hybridized carbons (Fsp3) is 0.250. The predicted octanol–water partition coefficient (Wildman–Crippen LogP) is 2.11. The average Bonchev–Trinajstić information content (AvgIpc) is 1.85. The first-order valence-electron chi connectivity index (χ1n) is 3.15. The lowest BCUT2D eigenvalue weighted by Gasteiger charge is -1.99. The summed E-state index contributed by atoms with van der Waals surface area (Å²) < 4.78 is 0. The zero-order valence-corrected chi connectivity index (χ0v) is 7.12. The molecule has 0 aromatic rings. The van der Waals surface area contributed by atoms with Crippen LogP contribution in [0.2, 0.25) is 0 Å². The van der Waals surface area contributed by atoms with E-state index in [-0.39, 0.29) is 0 Å². The minimum atomic E-state index is 0.735. The van der Waals surface area contributed by atoms with Gasteiger partial charge >= 0.3 is 0 Å². The highest BCUT2D eigenvalue weighted by molar-refractivity contribution is 7.84. The van der Waals surface area contributed by atoms with E-state index in [2.05, 4.69) is 31.1 Å². The quantitative estimate of drug-likeness (QED) is 0.468. The van der Waals surface area contributed by atoms with Gasteiger partial charge in [-0.15, -0.1) is 12.6 Å². The summed E-state index contributed by atoms with van der Waals surface area (Å²) in [7, 11) is 0. The van der Waals surface area contributed by atoms with E-state index in [9.17, 15) is 0 Å². The van der Waals surface area contributed by atoms with Crippen LogP contribution in [-0.2, 0) is 0 Å². The Labute approximate surface area is 67.9 Å². The Morgan fingerprint density at radius 1 is 1.50 bits per heavy atom. The molecule has 0 bridgehead atoms. The van der Waals surface area contributed by atoms with Crippen molar-refractivity contribution in [3.05, 3.63) is 35.9 Å². The molecule has 0 aliphatic carbocycles. The van der Waals surface area contributed by atoms with Crippen LogP contribution in [0.15, 0.2) is 35.9 Å². The lowest BCUT2D eigenvalue weighted by molar-refractivity contribution is 0.883. The van der Waals surface area contributed by atoms with Gasteiger partial charge in [-0.05, 0) is 24.0 Å². The standard InChI is InChI=1S/C8H13NS/c1-4-9-7(2)5-6-8(3)10/h5-6,9-10H,2-4H2,1H3/b6-5-. The highest BCUT2D eigenvalue weighted by atomic mass is 32.1. The van der Waals surface area contributed by atoms with Crippen molar-refractivity contribution in [3.63, 3.8) is 0 Å². The average molecular weight is 155 g/mol. The van der Waals surface area contributed by atoms with Crippen LogP contribution in [0.3, 0.4) is 0 Å². The number of thiol groups is 1. The molecule has 10 heavy (non-hydrogen) atoms. The van der Waals surface area contributed by atoms with E-state index in [0.717, 1.165) is 17.1 Å². The molecule has 1 nitrogen and oxygen atoms in total. The first-order chi connectivity index (χ1) is 4.66. The van der Waals surface area contributed by atoms with E-state index in [0.29, 0.717) is 0 Å². The van der Waals surface area contributed by atoms with Gasteiger partial charge in [0.1, 0.15) is 0 Å². The smallest absolute Gasteiger partial charge is 0.0267 e. The number of nitrogens with one attached hydrogen (secondary N) is 1. The Hall–Kier alpha value is -0.630. The number of likely N-dealkylation sites (N-methyl/N-ethyl adjacent to an activating group) is 1. The maximum atomic E-state index is 3.99. The van der Waals surface area contributed by atoms with E-state index < -0.39 is 0 Å². The Bertz CT molecular complexity index is 159. The summed E-state index contributed by atoms with van der Waals surface area (Å²) in [6.07, 6.45) is 3.65. The molecule has 0 amide bonds. The zero-order chi connectivity index (χ0) is 7.98. The molecule has 0 rings (SSSR count). The molecule has 0 radical (unpaired) electrons. The molecule has 0 aromatic heterocycles. The van der Waals surface area contributed by atoms with Crippen molar-refractivity contribution in [2.75, 3.05) is 6.54 Å². The lowest BCUT2D eigenvalue weighted by atomic mass is 10.4. The van der Waals surface area contributed by atoms with E-state index in [1.54, 1.807) is 6.08 Å². The minimum absolute atomic E-state index is 0.735. The van der Waals surface area contributed by atoms with E-state index in [1.807, 2.05) is 13.0 Å². The van der Waals surface area contributed by atoms with E-state index in [1.165, 1.54) is 0 Å². The van der Waals surface area contributed by atoms with Gasteiger partial charge in [0.05, 0.1) is 0 Å². The van der Waals surface area contributed by atoms with Gasteiger partial charge < -0.3 is 5.32 Å². The van der Waals surface area contributed by atoms with Gasteiger partial charge in [0.25, 0.3) is 0 Å². The molecule has 0 aromatic carbocycles. The van der Waals surface area contributed by atoms with Crippen molar-refractivity contribution in [1.82, 2.24) is 5.32 Å². The Morgan fingerprint density at radius 3 is 2.50 bits per heavy atom. The van der Waals surface area contributed by atoms with Crippen LogP contribution in [0.4, 0.5) is 0 Å². The molecule has 0 heterocycles. The summed E-state index contributed by atoms with van der Waals surface area (Å²) in [5.74, 6) is 0. The molecule has 0 aliphatic rings. The minimum Gasteiger partial charge on any atom is -0.386 e. The van der Waals surface area contributed by atoms with Gasteiger partial charge in [-0.1, -0.05) is 13.2 Å². The molecule has 0 saturated heterocycles. The van der Waals surface area contributed by atoms with Gasteiger partial charge in [0.2, 0.25) is 0 Å². The topological polar surface area (TPSA) is 12.0 Å². The molecular weight excluding hydrogens is 142 g/mol. The highest BCUT2D eigenvalue weighted by Crippen LogP contribution is 1.98. The number of allylic oxidation sites excluding steroid dienone is 2. The summed E-state index contributed by atoms with van der Waals surface area (Å²) in [6.45, 7) is 10.3. The predicted molar refractivity (Wildman–Crippen MR) is 50.1 cm³/mol. The molecule has 0 unspecified atom stereocenters. The van der Waals surface area contributed by atoms with Crippen LogP contribution in [0, 0.1) is 0 Å². The second-order valence-corrected chi connectivity index (χ2v) is 2.45. The SMILES string of the molecule is C=C(S)/C=C\C(=C)NCC. The second kappa shape index (κ2) is 5.18. The van der Waals surface area contributed by atoms with E-state index >= 15 is 0 Å². The third kappa shape index (κ3) is 5.51. The first kappa shape index (κ1) is 9.37. The van der Waals surface area contributed by atoms with Gasteiger partial charge in [-0.3, -0.25) is 0 Å². The number of rotatable bonds is 4. The molecule has 56 valence electrons. The van der Waals surface area contributed by atoms with E-state index in [4.69, 9.17) is 0 Å². The van der Waals surface area contributed by atoms with Crippen molar-refractivity contribution >= 4 is 12.6 Å². The van der Waals surface area contributed by atoms with Crippen LogP contribution in [-0.4, -0.2) is 6.54 Å². The van der Waals surface area contributed by atoms with Crippen molar-refractivity contribution < 1.29 is 0 Å². The van der Waals surface area contributed by atoms with Gasteiger partial charge in [0, 0.05) is 12.2 Å². The van der Waals surface area contributed by atoms with Crippen LogP contribution in [0.1, 0.15) is 6.92 Å². The summed E-state index contributed by atoms with van der Waals surface area (Å²) >= 11 is 3.99. The fourth-order valence-corrected chi connectivity index (χ4v) is 0.557. The monoisotopic (exact) mass is 155 g/mol. The first-order valence-corrected chi connectivity index (χ1v) is 3.60. The zero-order valence-electron chi connectivity index (χ0n) is 6.22. The van der Waals surface area contributed by atoms with Crippen molar-refractivity contribution in [2.45, 2.75) is 6.92 Å². The summed E-state index contributed by atoms with van der Waals surface area (Å²) in [6, 6.07) is 0. The molecule has 0 atom stereocenters. The molecular formula is C8H13NS. The molecule has 1 N–H and O–H groups in total. The fourth-order valence-electron chi connectivity index (χ4n) is 0.483. The molecule has 0 aliphatic heterocycles. The molecule has 0 saturated carbocycles.